The summed E-state index contributed by atoms with van der Waals surface area (Å²) >= 11 is 0.919. The van der Waals surface area contributed by atoms with Crippen molar-refractivity contribution in [3.8, 4) is 11.8 Å². The number of nitriles is 1. The van der Waals surface area contributed by atoms with Gasteiger partial charge in [-0.15, -0.1) is 11.3 Å². The molecule has 10 nitrogen and oxygen atoms in total. The van der Waals surface area contributed by atoms with Crippen molar-refractivity contribution in [1.82, 2.24) is 4.57 Å². The Balaban J connectivity index is 2.57. The van der Waals surface area contributed by atoms with Crippen molar-refractivity contribution < 1.29 is 19.6 Å². The number of anilines is 1. The molecule has 0 saturated carbocycles. The van der Waals surface area contributed by atoms with Crippen LogP contribution < -0.4 is 20.1 Å². The van der Waals surface area contributed by atoms with E-state index in [1.165, 1.54) is 16.8 Å². The molecule has 146 valence electrons. The van der Waals surface area contributed by atoms with Gasteiger partial charge in [-0.2, -0.15) is 5.26 Å². The number of carbonyl (C=O) groups excluding carboxylic acids is 1. The summed E-state index contributed by atoms with van der Waals surface area (Å²) in [5.41, 5.74) is -0.915. The van der Waals surface area contributed by atoms with Gasteiger partial charge in [0.2, 0.25) is 0 Å². The van der Waals surface area contributed by atoms with Gasteiger partial charge in [-0.25, -0.2) is 4.79 Å². The highest BCUT2D eigenvalue weighted by Crippen LogP contribution is 2.28. The van der Waals surface area contributed by atoms with Crippen LogP contribution in [0.15, 0.2) is 23.0 Å². The number of phenols is 1. The molecule has 2 N–H and O–H groups in total. The third-order valence-electron chi connectivity index (χ3n) is 3.57. The monoisotopic (exact) mass is 404 g/mol. The van der Waals surface area contributed by atoms with Crippen LogP contribution >= 0.6 is 11.3 Å². The van der Waals surface area contributed by atoms with Crippen LogP contribution in [0, 0.1) is 21.4 Å². The number of hydrogen-bond acceptors (Lipinski definition) is 9. The lowest BCUT2D eigenvalue weighted by atomic mass is 10.2. The van der Waals surface area contributed by atoms with Gasteiger partial charge in [-0.05, 0) is 26.0 Å². The van der Waals surface area contributed by atoms with E-state index in [4.69, 9.17) is 4.74 Å². The number of ether oxygens (including phenoxy) is 1. The predicted molar refractivity (Wildman–Crippen MR) is 102 cm³/mol. The lowest BCUT2D eigenvalue weighted by Gasteiger charge is -2.01. The van der Waals surface area contributed by atoms with Crippen molar-refractivity contribution in [1.29, 1.82) is 5.26 Å². The maximum atomic E-state index is 12.6. The number of nitro groups is 1. The minimum Gasteiger partial charge on any atom is -0.502 e. The number of aromatic hydroxyl groups is 1. The molecule has 0 bridgehead atoms. The molecule has 0 fully saturated rings. The summed E-state index contributed by atoms with van der Waals surface area (Å²) in [7, 11) is 0. The molecule has 1 aromatic carbocycles. The van der Waals surface area contributed by atoms with Crippen molar-refractivity contribution >= 4 is 40.5 Å². The lowest BCUT2D eigenvalue weighted by molar-refractivity contribution is -0.385. The Morgan fingerprint density at radius 1 is 1.50 bits per heavy atom. The third-order valence-corrected chi connectivity index (χ3v) is 4.70. The Bertz CT molecular complexity index is 1140. The standard InChI is InChI=1S/C17H16N4O6S/c1-3-20-15(23)14(28-16(20)11(8-18)17(24)27-4-2)9-19-10-5-6-13(22)12(7-10)21(25)26/h5-7,9,19,22H,3-4H2,1-2H3/b14-9+,16-11-. The van der Waals surface area contributed by atoms with E-state index >= 15 is 0 Å². The maximum Gasteiger partial charge on any atom is 0.351 e. The summed E-state index contributed by atoms with van der Waals surface area (Å²) in [6, 6.07) is 5.44. The number of aromatic nitrogens is 1. The number of benzene rings is 1. The van der Waals surface area contributed by atoms with Gasteiger partial charge >= 0.3 is 11.7 Å². The van der Waals surface area contributed by atoms with E-state index in [9.17, 15) is 30.1 Å². The van der Waals surface area contributed by atoms with Crippen molar-refractivity contribution in [2.75, 3.05) is 11.9 Å². The zero-order chi connectivity index (χ0) is 20.8. The fourth-order valence-electron chi connectivity index (χ4n) is 2.28. The first kappa shape index (κ1) is 20.7. The van der Waals surface area contributed by atoms with Crippen LogP contribution in [0.5, 0.6) is 5.75 Å². The highest BCUT2D eigenvalue weighted by molar-refractivity contribution is 7.07. The summed E-state index contributed by atoms with van der Waals surface area (Å²) in [6.45, 7) is 3.62. The van der Waals surface area contributed by atoms with E-state index in [0.717, 1.165) is 23.5 Å². The van der Waals surface area contributed by atoms with E-state index in [1.807, 2.05) is 0 Å². The van der Waals surface area contributed by atoms with Crippen molar-refractivity contribution in [2.24, 2.45) is 0 Å². The minimum atomic E-state index is -0.817. The van der Waals surface area contributed by atoms with E-state index in [-0.39, 0.29) is 33.6 Å². The molecule has 0 aliphatic heterocycles. The second-order valence-electron chi connectivity index (χ2n) is 5.28. The molecule has 0 radical (unpaired) electrons. The number of nitrogens with one attached hydrogen (secondary N) is 1. The molecule has 1 aromatic heterocycles. The first-order valence-corrected chi connectivity index (χ1v) is 8.90. The quantitative estimate of drug-likeness (QED) is 0.308. The van der Waals surface area contributed by atoms with Crippen LogP contribution in [0.25, 0.3) is 11.8 Å². The molecule has 0 aliphatic carbocycles. The Morgan fingerprint density at radius 2 is 2.21 bits per heavy atom. The molecular formula is C17H16N4O6S. The summed E-state index contributed by atoms with van der Waals surface area (Å²) in [5, 5.41) is 32.4. The minimum absolute atomic E-state index is 0.0892. The molecule has 2 rings (SSSR count). The number of thiazole rings is 1. The average molecular weight is 404 g/mol. The van der Waals surface area contributed by atoms with E-state index in [1.54, 1.807) is 19.9 Å². The Kier molecular flexibility index (Phi) is 6.51. The SMILES string of the molecule is CCOC(=O)/C(C#N)=c1\s/c(=C/Nc2ccc(O)c([N+](=O)[O-])c2)c(=O)n1CC. The van der Waals surface area contributed by atoms with Gasteiger partial charge in [0.1, 0.15) is 15.3 Å². The number of rotatable bonds is 6. The van der Waals surface area contributed by atoms with Crippen molar-refractivity contribution in [3.05, 3.63) is 47.9 Å². The van der Waals surface area contributed by atoms with Gasteiger partial charge in [-0.1, -0.05) is 0 Å². The van der Waals surface area contributed by atoms with Gasteiger partial charge in [-0.3, -0.25) is 19.5 Å². The Labute approximate surface area is 162 Å². The Morgan fingerprint density at radius 3 is 2.79 bits per heavy atom. The topological polar surface area (TPSA) is 147 Å². The number of carbonyl (C=O) groups is 1. The number of hydrogen-bond donors (Lipinski definition) is 2. The summed E-state index contributed by atoms with van der Waals surface area (Å²) < 4.78 is 6.47. The van der Waals surface area contributed by atoms with Crippen LogP contribution in [0.3, 0.4) is 0 Å². The van der Waals surface area contributed by atoms with Crippen LogP contribution in [0.1, 0.15) is 13.8 Å². The maximum absolute atomic E-state index is 12.6. The molecule has 28 heavy (non-hydrogen) atoms. The lowest BCUT2D eigenvalue weighted by Crippen LogP contribution is -2.32. The smallest absolute Gasteiger partial charge is 0.351 e. The van der Waals surface area contributed by atoms with E-state index in [0.29, 0.717) is 0 Å². The molecule has 1 heterocycles. The zero-order valence-corrected chi connectivity index (χ0v) is 15.8. The second-order valence-corrected chi connectivity index (χ2v) is 6.31. The summed E-state index contributed by atoms with van der Waals surface area (Å²) in [6.07, 6.45) is 1.32. The highest BCUT2D eigenvalue weighted by Gasteiger charge is 2.16. The van der Waals surface area contributed by atoms with Crippen LogP contribution in [-0.2, 0) is 16.1 Å². The summed E-state index contributed by atoms with van der Waals surface area (Å²) in [4.78, 5) is 34.7. The van der Waals surface area contributed by atoms with Gasteiger partial charge in [0.05, 0.1) is 11.5 Å². The molecule has 0 unspecified atom stereocenters. The zero-order valence-electron chi connectivity index (χ0n) is 15.0. The fourth-order valence-corrected chi connectivity index (χ4v) is 3.36. The van der Waals surface area contributed by atoms with Crippen LogP contribution in [0.2, 0.25) is 0 Å². The number of nitrogens with zero attached hydrogens (tertiary/aromatic N) is 3. The molecule has 0 spiro atoms. The van der Waals surface area contributed by atoms with E-state index < -0.39 is 27.9 Å². The van der Waals surface area contributed by atoms with Crippen LogP contribution in [-0.4, -0.2) is 27.2 Å². The summed E-state index contributed by atoms with van der Waals surface area (Å²) in [5.74, 6) is -1.30. The third kappa shape index (κ3) is 4.18. The first-order chi connectivity index (χ1) is 13.3. The molecule has 11 heteroatoms. The number of nitro benzene ring substituents is 1. The van der Waals surface area contributed by atoms with E-state index in [2.05, 4.69) is 5.32 Å². The molecule has 2 aromatic rings. The van der Waals surface area contributed by atoms with Crippen molar-refractivity contribution in [3.63, 3.8) is 0 Å². The van der Waals surface area contributed by atoms with Gasteiger partial charge in [0.25, 0.3) is 5.56 Å². The van der Waals surface area contributed by atoms with Gasteiger partial charge in [0.15, 0.2) is 11.3 Å². The highest BCUT2D eigenvalue weighted by atomic mass is 32.1. The first-order valence-electron chi connectivity index (χ1n) is 8.09. The normalized spacial score (nSPS) is 12.2. The Hall–Kier alpha value is -3.65. The molecular weight excluding hydrogens is 388 g/mol. The number of phenolic OH excluding ortho intramolecular Hbond substituents is 1. The van der Waals surface area contributed by atoms with Crippen LogP contribution in [0.4, 0.5) is 11.4 Å². The molecule has 0 saturated heterocycles. The molecule has 0 amide bonds. The van der Waals surface area contributed by atoms with Gasteiger partial charge < -0.3 is 15.2 Å². The largest absolute Gasteiger partial charge is 0.502 e. The average Bonchev–Trinajstić information content (AvgIpc) is 2.97. The predicted octanol–water partition coefficient (Wildman–Crippen LogP) is 0.631. The molecule has 0 atom stereocenters. The van der Waals surface area contributed by atoms with Gasteiger partial charge in [0, 0.05) is 24.5 Å². The fraction of sp³-hybridized carbons (Fsp3) is 0.235. The second kappa shape index (κ2) is 8.83. The number of esters is 1. The van der Waals surface area contributed by atoms with Crippen molar-refractivity contribution in [2.45, 2.75) is 20.4 Å². The molecule has 0 aliphatic rings.